The molecule has 0 amide bonds. The van der Waals surface area contributed by atoms with Crippen LogP contribution in [0.2, 0.25) is 32.7 Å². The molecule has 0 radical (unpaired) electrons. The zero-order valence-corrected chi connectivity index (χ0v) is 30.8. The normalized spacial score (nSPS) is 12.1. The van der Waals surface area contributed by atoms with E-state index in [9.17, 15) is 0 Å². The molecule has 0 unspecified atom stereocenters. The van der Waals surface area contributed by atoms with Gasteiger partial charge in [0, 0.05) is 8.80 Å². The van der Waals surface area contributed by atoms with E-state index in [0.717, 1.165) is 0 Å². The summed E-state index contributed by atoms with van der Waals surface area (Å²) in [5.74, 6) is 0. The maximum Gasteiger partial charge on any atom is 0.0776 e. The lowest BCUT2D eigenvalue weighted by Crippen LogP contribution is -2.37. The average Bonchev–Trinajstić information content (AvgIpc) is 3.09. The van der Waals surface area contributed by atoms with Gasteiger partial charge in [-0.3, -0.25) is 0 Å². The third-order valence-electron chi connectivity index (χ3n) is 10.0. The van der Waals surface area contributed by atoms with Crippen LogP contribution in [0.4, 0.5) is 0 Å². The predicted octanol–water partition coefficient (Wildman–Crippen LogP) is 12.4. The van der Waals surface area contributed by atoms with Crippen LogP contribution >= 0.6 is 0 Å². The second-order valence-corrected chi connectivity index (χ2v) is 23.1. The Morgan fingerprint density at radius 2 is 0.979 bits per heavy atom. The summed E-state index contributed by atoms with van der Waals surface area (Å²) >= 11 is 0. The summed E-state index contributed by atoms with van der Waals surface area (Å²) in [6.07, 6.45) is 0. The molecule has 0 saturated heterocycles. The first-order valence-electron chi connectivity index (χ1n) is 17.4. The summed E-state index contributed by atoms with van der Waals surface area (Å²) < 4.78 is 0. The zero-order valence-electron chi connectivity index (χ0n) is 28.6. The van der Waals surface area contributed by atoms with Crippen molar-refractivity contribution in [2.45, 2.75) is 38.8 Å². The van der Waals surface area contributed by atoms with Crippen molar-refractivity contribution >= 4 is 65.1 Å². The van der Waals surface area contributed by atoms with Crippen molar-refractivity contribution in [2.75, 3.05) is 0 Å². The van der Waals surface area contributed by atoms with Gasteiger partial charge < -0.3 is 0 Å². The number of benzene rings is 8. The molecule has 8 rings (SSSR count). The van der Waals surface area contributed by atoms with E-state index < -0.39 is 16.9 Å². The van der Waals surface area contributed by atoms with E-state index in [2.05, 4.69) is 178 Å². The lowest BCUT2D eigenvalue weighted by molar-refractivity contribution is 1.37. The highest BCUT2D eigenvalue weighted by molar-refractivity contribution is 6.88. The summed E-state index contributed by atoms with van der Waals surface area (Å²) in [6, 6.07) is 56.4. The lowest BCUT2D eigenvalue weighted by atomic mass is 9.84. The molecule has 0 N–H and O–H groups in total. The van der Waals surface area contributed by atoms with E-state index in [4.69, 9.17) is 0 Å². The van der Waals surface area contributed by atoms with Crippen LogP contribution in [-0.2, 0) is 6.04 Å². The fraction of sp³-hybridized carbons (Fsp3) is 0.130. The molecular weight excluding hydrogens is 609 g/mol. The fourth-order valence-corrected chi connectivity index (χ4v) is 10.0. The molecule has 8 aromatic carbocycles. The average molecular weight is 651 g/mol. The largest absolute Gasteiger partial charge is 0.0776 e. The Bertz CT molecular complexity index is 2470. The Balaban J connectivity index is 1.45. The molecule has 0 aliphatic carbocycles. The highest BCUT2D eigenvalue weighted by atomic mass is 28.3. The summed E-state index contributed by atoms with van der Waals surface area (Å²) in [6.45, 7) is 12.3. The van der Waals surface area contributed by atoms with Crippen molar-refractivity contribution in [3.63, 3.8) is 0 Å². The van der Waals surface area contributed by atoms with E-state index in [-0.39, 0.29) is 0 Å². The van der Waals surface area contributed by atoms with Crippen LogP contribution < -0.4 is 5.19 Å². The monoisotopic (exact) mass is 650 g/mol. The van der Waals surface area contributed by atoms with Gasteiger partial charge in [-0.25, -0.2) is 0 Å². The molecule has 48 heavy (non-hydrogen) atoms. The molecular formula is C46H42Si2. The Labute approximate surface area is 287 Å². The molecule has 0 nitrogen and oxygen atoms in total. The second-order valence-electron chi connectivity index (χ2n) is 14.9. The van der Waals surface area contributed by atoms with Gasteiger partial charge in [0.25, 0.3) is 0 Å². The van der Waals surface area contributed by atoms with Crippen LogP contribution in [0.15, 0.2) is 146 Å². The van der Waals surface area contributed by atoms with Gasteiger partial charge in [-0.2, -0.15) is 0 Å². The molecule has 0 atom stereocenters. The van der Waals surface area contributed by atoms with Gasteiger partial charge in [0.05, 0.1) is 8.07 Å². The minimum absolute atomic E-state index is 0.804. The molecule has 0 bridgehead atoms. The van der Waals surface area contributed by atoms with Crippen LogP contribution in [0.25, 0.3) is 76.5 Å². The molecule has 0 aromatic heterocycles. The van der Waals surface area contributed by atoms with Crippen LogP contribution in [-0.4, -0.2) is 16.9 Å². The Hall–Kier alpha value is -4.77. The van der Waals surface area contributed by atoms with Crippen molar-refractivity contribution in [2.24, 2.45) is 0 Å². The highest BCUT2D eigenvalue weighted by Gasteiger charge is 2.22. The van der Waals surface area contributed by atoms with Crippen molar-refractivity contribution in [3.8, 4) is 33.4 Å². The molecule has 234 valence electrons. The van der Waals surface area contributed by atoms with Crippen LogP contribution in [0.3, 0.4) is 0 Å². The third kappa shape index (κ3) is 5.39. The summed E-state index contributed by atoms with van der Waals surface area (Å²) in [7, 11) is -2.39. The van der Waals surface area contributed by atoms with Gasteiger partial charge >= 0.3 is 0 Å². The number of fused-ring (bicyclic) bond motifs is 4. The topological polar surface area (TPSA) is 0 Å². The summed E-state index contributed by atoms with van der Waals surface area (Å²) in [5, 5.41) is 12.1. The maximum atomic E-state index is 2.54. The highest BCUT2D eigenvalue weighted by Crippen LogP contribution is 2.46. The molecule has 0 fully saturated rings. The Kier molecular flexibility index (Phi) is 7.66. The Morgan fingerprint density at radius 1 is 0.438 bits per heavy atom. The SMILES string of the molecule is C[SiH](C)Cc1ccc2c(-c3ccc(-c4cccc5ccccc45)cc3)c3cc([Si](C)(C)C)ccc3c(-c3cccc4ccccc34)c2c1. The first kappa shape index (κ1) is 30.6. The smallest absolute Gasteiger partial charge is 0.0719 e. The van der Waals surface area contributed by atoms with E-state index >= 15 is 0 Å². The maximum absolute atomic E-state index is 2.54. The molecule has 8 aromatic rings. The molecule has 0 saturated carbocycles. The van der Waals surface area contributed by atoms with Crippen LogP contribution in [0, 0.1) is 0 Å². The zero-order chi connectivity index (χ0) is 33.0. The molecule has 0 spiro atoms. The lowest BCUT2D eigenvalue weighted by Gasteiger charge is -2.23. The minimum Gasteiger partial charge on any atom is -0.0719 e. The number of hydrogen-bond acceptors (Lipinski definition) is 0. The quantitative estimate of drug-likeness (QED) is 0.124. The van der Waals surface area contributed by atoms with Crippen molar-refractivity contribution in [3.05, 3.63) is 151 Å². The molecule has 0 aliphatic rings. The first-order valence-corrected chi connectivity index (χ1v) is 24.0. The van der Waals surface area contributed by atoms with Gasteiger partial charge in [-0.15, -0.1) is 0 Å². The van der Waals surface area contributed by atoms with Gasteiger partial charge in [0.2, 0.25) is 0 Å². The number of hydrogen-bond donors (Lipinski definition) is 0. The van der Waals surface area contributed by atoms with E-state index in [1.807, 2.05) is 0 Å². The molecule has 0 aliphatic heterocycles. The minimum atomic E-state index is -1.58. The van der Waals surface area contributed by atoms with Gasteiger partial charge in [-0.1, -0.05) is 189 Å². The van der Waals surface area contributed by atoms with E-state index in [0.29, 0.717) is 0 Å². The van der Waals surface area contributed by atoms with E-state index in [1.54, 1.807) is 0 Å². The van der Waals surface area contributed by atoms with Crippen molar-refractivity contribution in [1.29, 1.82) is 0 Å². The van der Waals surface area contributed by atoms with Gasteiger partial charge in [0.15, 0.2) is 0 Å². The van der Waals surface area contributed by atoms with Crippen LogP contribution in [0.5, 0.6) is 0 Å². The van der Waals surface area contributed by atoms with E-state index in [1.165, 1.54) is 93.3 Å². The summed E-state index contributed by atoms with van der Waals surface area (Å²) in [4.78, 5) is 0. The Morgan fingerprint density at radius 3 is 1.65 bits per heavy atom. The first-order chi connectivity index (χ1) is 23.3. The third-order valence-corrected chi connectivity index (χ3v) is 13.4. The van der Waals surface area contributed by atoms with Crippen molar-refractivity contribution < 1.29 is 0 Å². The van der Waals surface area contributed by atoms with Gasteiger partial charge in [0.1, 0.15) is 0 Å². The predicted molar refractivity (Wildman–Crippen MR) is 218 cm³/mol. The van der Waals surface area contributed by atoms with Crippen LogP contribution in [0.1, 0.15) is 5.56 Å². The fourth-order valence-electron chi connectivity index (χ4n) is 7.68. The second kappa shape index (κ2) is 12.0. The van der Waals surface area contributed by atoms with Crippen molar-refractivity contribution in [1.82, 2.24) is 0 Å². The standard InChI is InChI=1S/C46H42Si2/c1-47(2)30-31-20-26-41-43(28-31)46(40-19-11-15-33-13-7-9-17-39(33)40)42-27-25-36(48(3,4)5)29-44(42)45(41)35-23-21-34(22-24-35)38-18-10-14-32-12-6-8-16-37(32)38/h6-29,47H,30H2,1-5H3. The molecule has 0 heterocycles. The van der Waals surface area contributed by atoms with Gasteiger partial charge in [-0.05, 0) is 82.5 Å². The molecule has 2 heteroatoms. The summed E-state index contributed by atoms with van der Waals surface area (Å²) in [5.41, 5.74) is 9.30. The number of rotatable bonds is 6.